The second-order valence-corrected chi connectivity index (χ2v) is 3.61. The van der Waals surface area contributed by atoms with Crippen LogP contribution in [0.4, 0.5) is 0 Å². The molecule has 0 aliphatic rings. The molecule has 1 aromatic heterocycles. The van der Waals surface area contributed by atoms with Gasteiger partial charge in [-0.2, -0.15) is 0 Å². The molecule has 0 aliphatic heterocycles. The van der Waals surface area contributed by atoms with Gasteiger partial charge in [0.2, 0.25) is 0 Å². The van der Waals surface area contributed by atoms with E-state index in [0.29, 0.717) is 0 Å². The fourth-order valence-electron chi connectivity index (χ4n) is 1.13. The average Bonchev–Trinajstić information content (AvgIpc) is 2.15. The third kappa shape index (κ3) is 3.78. The molecule has 0 radical (unpaired) electrons. The molecule has 1 aromatic rings. The summed E-state index contributed by atoms with van der Waals surface area (Å²) in [4.78, 5) is 4.12. The summed E-state index contributed by atoms with van der Waals surface area (Å²) in [6.07, 6.45) is 5.47. The lowest BCUT2D eigenvalue weighted by Crippen LogP contribution is -2.10. The molecule has 1 heterocycles. The zero-order valence-corrected chi connectivity index (χ0v) is 10.2. The van der Waals surface area contributed by atoms with Crippen LogP contribution in [0.25, 0.3) is 0 Å². The van der Waals surface area contributed by atoms with Gasteiger partial charge in [0.25, 0.3) is 0 Å². The normalized spacial score (nSPS) is 11.6. The number of allylic oxidation sites excluding steroid dienone is 1. The molecule has 1 atom stereocenters. The van der Waals surface area contributed by atoms with Gasteiger partial charge in [-0.1, -0.05) is 12.1 Å². The summed E-state index contributed by atoms with van der Waals surface area (Å²) in [5.41, 5.74) is 7.02. The lowest BCUT2D eigenvalue weighted by atomic mass is 10.1. The minimum Gasteiger partial charge on any atom is -0.324 e. The maximum Gasteiger partial charge on any atom is 0.110 e. The molecule has 2 nitrogen and oxygen atoms in total. The van der Waals surface area contributed by atoms with Gasteiger partial charge in [0.1, 0.15) is 4.60 Å². The summed E-state index contributed by atoms with van der Waals surface area (Å²) in [5.74, 6) is 0. The van der Waals surface area contributed by atoms with Crippen molar-refractivity contribution in [2.75, 3.05) is 0 Å². The molecule has 4 heteroatoms. The Bertz CT molecular complexity index is 291. The van der Waals surface area contributed by atoms with Crippen LogP contribution >= 0.6 is 28.3 Å². The number of nitrogens with two attached hydrogens (primary N) is 1. The molecule has 0 aliphatic carbocycles. The largest absolute Gasteiger partial charge is 0.324 e. The van der Waals surface area contributed by atoms with E-state index in [9.17, 15) is 0 Å². The van der Waals surface area contributed by atoms with E-state index in [0.717, 1.165) is 23.0 Å². The summed E-state index contributed by atoms with van der Waals surface area (Å²) < 4.78 is 0.839. The lowest BCUT2D eigenvalue weighted by Gasteiger charge is -2.11. The van der Waals surface area contributed by atoms with Crippen molar-refractivity contribution >= 4 is 28.3 Å². The van der Waals surface area contributed by atoms with Crippen molar-refractivity contribution in [3.8, 4) is 0 Å². The van der Waals surface area contributed by atoms with Crippen molar-refractivity contribution in [3.05, 3.63) is 41.2 Å². The van der Waals surface area contributed by atoms with E-state index in [1.807, 2.05) is 18.2 Å². The number of hydrogen-bond donors (Lipinski definition) is 1. The van der Waals surface area contributed by atoms with E-state index in [2.05, 4.69) is 27.5 Å². The van der Waals surface area contributed by atoms with Crippen LogP contribution in [-0.2, 0) is 0 Å². The van der Waals surface area contributed by atoms with Crippen LogP contribution < -0.4 is 5.73 Å². The fraction of sp³-hybridized carbons (Fsp3) is 0.300. The Kier molecular flexibility index (Phi) is 6.79. The third-order valence-corrected chi connectivity index (χ3v) is 2.53. The minimum atomic E-state index is 0. The molecule has 0 saturated heterocycles. The standard InChI is InChI=1S/C10H13BrN2.ClH/c1-2-3-6-9(12)8-5-4-7-13-10(8)11;/h2,4-5,7,9H,1,3,6,12H2;1H/t9-;/m1./s1. The SMILES string of the molecule is C=CCC[C@@H](N)c1cccnc1Br.Cl. The topological polar surface area (TPSA) is 38.9 Å². The first-order valence-corrected chi connectivity index (χ1v) is 5.02. The second kappa shape index (κ2) is 6.98. The van der Waals surface area contributed by atoms with Gasteiger partial charge in [-0.3, -0.25) is 0 Å². The molecule has 0 amide bonds. The van der Waals surface area contributed by atoms with Crippen molar-refractivity contribution in [3.63, 3.8) is 0 Å². The molecule has 0 aromatic carbocycles. The molecular weight excluding hydrogens is 263 g/mol. The zero-order valence-electron chi connectivity index (χ0n) is 7.82. The fourth-order valence-corrected chi connectivity index (χ4v) is 1.67. The molecule has 2 N–H and O–H groups in total. The average molecular weight is 278 g/mol. The summed E-state index contributed by atoms with van der Waals surface area (Å²) in [6, 6.07) is 3.93. The van der Waals surface area contributed by atoms with Gasteiger partial charge in [0, 0.05) is 17.8 Å². The number of pyridine rings is 1. The van der Waals surface area contributed by atoms with Crippen LogP contribution in [0, 0.1) is 0 Å². The van der Waals surface area contributed by atoms with Gasteiger partial charge in [0.05, 0.1) is 0 Å². The van der Waals surface area contributed by atoms with Crippen molar-refractivity contribution in [1.29, 1.82) is 0 Å². The van der Waals surface area contributed by atoms with Crippen molar-refractivity contribution < 1.29 is 0 Å². The molecule has 14 heavy (non-hydrogen) atoms. The summed E-state index contributed by atoms with van der Waals surface area (Å²) in [6.45, 7) is 3.67. The Hall–Kier alpha value is -0.380. The van der Waals surface area contributed by atoms with E-state index in [4.69, 9.17) is 5.73 Å². The van der Waals surface area contributed by atoms with Gasteiger partial charge < -0.3 is 5.73 Å². The zero-order chi connectivity index (χ0) is 9.68. The van der Waals surface area contributed by atoms with E-state index < -0.39 is 0 Å². The Morgan fingerprint density at radius 2 is 2.36 bits per heavy atom. The van der Waals surface area contributed by atoms with Gasteiger partial charge in [0.15, 0.2) is 0 Å². The molecule has 78 valence electrons. The highest BCUT2D eigenvalue weighted by molar-refractivity contribution is 9.10. The van der Waals surface area contributed by atoms with Crippen molar-refractivity contribution in [1.82, 2.24) is 4.98 Å². The molecule has 0 bridgehead atoms. The highest BCUT2D eigenvalue weighted by Crippen LogP contribution is 2.22. The summed E-state index contributed by atoms with van der Waals surface area (Å²) >= 11 is 3.37. The maximum atomic E-state index is 5.96. The Morgan fingerprint density at radius 3 is 2.93 bits per heavy atom. The highest BCUT2D eigenvalue weighted by Gasteiger charge is 2.08. The summed E-state index contributed by atoms with van der Waals surface area (Å²) in [7, 11) is 0. The van der Waals surface area contributed by atoms with Gasteiger partial charge >= 0.3 is 0 Å². The van der Waals surface area contributed by atoms with Crippen LogP contribution in [0.5, 0.6) is 0 Å². The smallest absolute Gasteiger partial charge is 0.110 e. The monoisotopic (exact) mass is 276 g/mol. The molecule has 0 fully saturated rings. The highest BCUT2D eigenvalue weighted by atomic mass is 79.9. The number of nitrogens with zero attached hydrogens (tertiary/aromatic N) is 1. The van der Waals surface area contributed by atoms with Gasteiger partial charge in [-0.05, 0) is 34.8 Å². The third-order valence-electron chi connectivity index (χ3n) is 1.87. The number of aromatic nitrogens is 1. The predicted octanol–water partition coefficient (Wildman–Crippen LogP) is 3.23. The number of rotatable bonds is 4. The lowest BCUT2D eigenvalue weighted by molar-refractivity contribution is 0.655. The van der Waals surface area contributed by atoms with Crippen LogP contribution in [0.1, 0.15) is 24.4 Å². The number of hydrogen-bond acceptors (Lipinski definition) is 2. The summed E-state index contributed by atoms with van der Waals surface area (Å²) in [5, 5.41) is 0. The molecule has 0 unspecified atom stereocenters. The number of halogens is 2. The van der Waals surface area contributed by atoms with E-state index in [1.54, 1.807) is 6.20 Å². The first-order chi connectivity index (χ1) is 6.25. The van der Waals surface area contributed by atoms with E-state index >= 15 is 0 Å². The predicted molar refractivity (Wildman–Crippen MR) is 65.5 cm³/mol. The quantitative estimate of drug-likeness (QED) is 0.678. The van der Waals surface area contributed by atoms with Crippen LogP contribution in [0.2, 0.25) is 0 Å². The molecule has 0 saturated carbocycles. The van der Waals surface area contributed by atoms with Crippen molar-refractivity contribution in [2.45, 2.75) is 18.9 Å². The molecular formula is C10H14BrClN2. The van der Waals surface area contributed by atoms with E-state index in [1.165, 1.54) is 0 Å². The first kappa shape index (κ1) is 13.6. The minimum absolute atomic E-state index is 0. The second-order valence-electron chi connectivity index (χ2n) is 2.86. The van der Waals surface area contributed by atoms with Crippen LogP contribution in [0.15, 0.2) is 35.6 Å². The van der Waals surface area contributed by atoms with Gasteiger partial charge in [-0.25, -0.2) is 4.98 Å². The van der Waals surface area contributed by atoms with Crippen molar-refractivity contribution in [2.24, 2.45) is 5.73 Å². The Morgan fingerprint density at radius 1 is 1.64 bits per heavy atom. The Labute approximate surface area is 99.1 Å². The maximum absolute atomic E-state index is 5.96. The molecule has 1 rings (SSSR count). The van der Waals surface area contributed by atoms with E-state index in [-0.39, 0.29) is 18.4 Å². The molecule has 0 spiro atoms. The Balaban J connectivity index is 0.00000169. The van der Waals surface area contributed by atoms with Crippen LogP contribution in [0.3, 0.4) is 0 Å². The first-order valence-electron chi connectivity index (χ1n) is 4.22. The van der Waals surface area contributed by atoms with Gasteiger partial charge in [-0.15, -0.1) is 19.0 Å². The van der Waals surface area contributed by atoms with Crippen LogP contribution in [-0.4, -0.2) is 4.98 Å².